The number of aromatic amines is 2. The molecule has 0 aliphatic carbocycles. The Bertz CT molecular complexity index is 744. The molecule has 3 N–H and O–H groups in total. The summed E-state index contributed by atoms with van der Waals surface area (Å²) in [6.45, 7) is 0.578. The summed E-state index contributed by atoms with van der Waals surface area (Å²) in [7, 11) is 1.36. The number of nitrogens with zero attached hydrogens (tertiary/aromatic N) is 1. The molecule has 0 saturated heterocycles. The van der Waals surface area contributed by atoms with Crippen LogP contribution >= 0.6 is 0 Å². The molecular formula is C14H14N4O2. The molecule has 0 fully saturated rings. The van der Waals surface area contributed by atoms with Crippen LogP contribution in [0.3, 0.4) is 0 Å². The molecule has 6 heteroatoms. The molecule has 3 aromatic rings. The number of carbonyl (C=O) groups excluding carboxylic acids is 1. The standard InChI is InChI=1S/C14H14N4O2/c1-20-14(19)12-6-5-10(17-12)8-15-11-4-2-3-9-7-16-18-13(9)11/h2-7,15,17H,8H2,1H3,(H,16,18). The highest BCUT2D eigenvalue weighted by atomic mass is 16.5. The Kier molecular flexibility index (Phi) is 3.12. The van der Waals surface area contributed by atoms with E-state index >= 15 is 0 Å². The maximum absolute atomic E-state index is 11.4. The van der Waals surface area contributed by atoms with Gasteiger partial charge in [0.15, 0.2) is 0 Å². The number of methoxy groups -OCH3 is 1. The number of benzene rings is 1. The lowest BCUT2D eigenvalue weighted by molar-refractivity contribution is 0.0594. The molecule has 2 heterocycles. The first-order valence-corrected chi connectivity index (χ1v) is 6.20. The Balaban J connectivity index is 1.75. The summed E-state index contributed by atoms with van der Waals surface area (Å²) >= 11 is 0. The van der Waals surface area contributed by atoms with Crippen LogP contribution < -0.4 is 5.32 Å². The van der Waals surface area contributed by atoms with Gasteiger partial charge in [-0.2, -0.15) is 5.10 Å². The summed E-state index contributed by atoms with van der Waals surface area (Å²) in [5.74, 6) is -0.369. The van der Waals surface area contributed by atoms with Gasteiger partial charge in [-0.1, -0.05) is 12.1 Å². The maximum Gasteiger partial charge on any atom is 0.354 e. The number of hydrogen-bond donors (Lipinski definition) is 3. The van der Waals surface area contributed by atoms with Crippen molar-refractivity contribution in [1.29, 1.82) is 0 Å². The van der Waals surface area contributed by atoms with Gasteiger partial charge in [-0.05, 0) is 18.2 Å². The molecule has 0 unspecified atom stereocenters. The summed E-state index contributed by atoms with van der Waals surface area (Å²) in [6, 6.07) is 9.50. The number of H-pyrrole nitrogens is 2. The molecule has 3 rings (SSSR count). The zero-order valence-corrected chi connectivity index (χ0v) is 10.9. The molecule has 102 valence electrons. The third kappa shape index (κ3) is 2.23. The molecule has 0 amide bonds. The van der Waals surface area contributed by atoms with Crippen molar-refractivity contribution in [2.75, 3.05) is 12.4 Å². The van der Waals surface area contributed by atoms with E-state index in [2.05, 4.69) is 25.2 Å². The molecule has 0 bridgehead atoms. The molecule has 2 aromatic heterocycles. The number of anilines is 1. The fourth-order valence-electron chi connectivity index (χ4n) is 2.08. The summed E-state index contributed by atoms with van der Waals surface area (Å²) < 4.78 is 4.66. The first-order valence-electron chi connectivity index (χ1n) is 6.20. The van der Waals surface area contributed by atoms with Crippen LogP contribution in [0.15, 0.2) is 36.5 Å². The molecule has 1 aromatic carbocycles. The van der Waals surface area contributed by atoms with Gasteiger partial charge in [0.25, 0.3) is 0 Å². The van der Waals surface area contributed by atoms with Gasteiger partial charge in [0, 0.05) is 11.1 Å². The number of carbonyl (C=O) groups is 1. The van der Waals surface area contributed by atoms with Gasteiger partial charge in [-0.25, -0.2) is 4.79 Å². The van der Waals surface area contributed by atoms with Gasteiger partial charge < -0.3 is 15.0 Å². The Morgan fingerprint density at radius 1 is 1.35 bits per heavy atom. The van der Waals surface area contributed by atoms with Gasteiger partial charge >= 0.3 is 5.97 Å². The van der Waals surface area contributed by atoms with Gasteiger partial charge in [0.2, 0.25) is 0 Å². The summed E-state index contributed by atoms with van der Waals surface area (Å²) in [5, 5.41) is 11.3. The van der Waals surface area contributed by atoms with Crippen LogP contribution in [-0.2, 0) is 11.3 Å². The third-order valence-corrected chi connectivity index (χ3v) is 3.10. The third-order valence-electron chi connectivity index (χ3n) is 3.10. The molecule has 0 radical (unpaired) electrons. The van der Waals surface area contributed by atoms with E-state index in [0.29, 0.717) is 12.2 Å². The fourth-order valence-corrected chi connectivity index (χ4v) is 2.08. The smallest absolute Gasteiger partial charge is 0.354 e. The van der Waals surface area contributed by atoms with Crippen molar-refractivity contribution in [3.63, 3.8) is 0 Å². The molecular weight excluding hydrogens is 256 g/mol. The number of nitrogens with one attached hydrogen (secondary N) is 3. The highest BCUT2D eigenvalue weighted by molar-refractivity contribution is 5.90. The molecule has 0 atom stereocenters. The SMILES string of the molecule is COC(=O)c1ccc(CNc2cccc3cn[nH]c23)[nH]1. The van der Waals surface area contributed by atoms with Crippen LogP contribution in [0.5, 0.6) is 0 Å². The highest BCUT2D eigenvalue weighted by Gasteiger charge is 2.08. The summed E-state index contributed by atoms with van der Waals surface area (Å²) in [6.07, 6.45) is 1.78. The van der Waals surface area contributed by atoms with Gasteiger partial charge in [0.05, 0.1) is 31.1 Å². The molecule has 0 saturated carbocycles. The van der Waals surface area contributed by atoms with Crippen molar-refractivity contribution in [3.8, 4) is 0 Å². The number of ether oxygens (including phenoxy) is 1. The van der Waals surface area contributed by atoms with E-state index in [-0.39, 0.29) is 5.97 Å². The topological polar surface area (TPSA) is 82.8 Å². The van der Waals surface area contributed by atoms with Crippen molar-refractivity contribution in [2.24, 2.45) is 0 Å². The first kappa shape index (κ1) is 12.3. The first-order chi connectivity index (χ1) is 9.78. The van der Waals surface area contributed by atoms with E-state index in [1.165, 1.54) is 7.11 Å². The summed E-state index contributed by atoms with van der Waals surface area (Å²) in [4.78, 5) is 14.4. The second-order valence-corrected chi connectivity index (χ2v) is 4.38. The minimum atomic E-state index is -0.369. The van der Waals surface area contributed by atoms with Gasteiger partial charge in [-0.3, -0.25) is 5.10 Å². The van der Waals surface area contributed by atoms with E-state index in [4.69, 9.17) is 0 Å². The van der Waals surface area contributed by atoms with Gasteiger partial charge in [-0.15, -0.1) is 0 Å². The Morgan fingerprint density at radius 2 is 2.25 bits per heavy atom. The fraction of sp³-hybridized carbons (Fsp3) is 0.143. The van der Waals surface area contributed by atoms with Crippen LogP contribution in [0, 0.1) is 0 Å². The average molecular weight is 270 g/mol. The lowest BCUT2D eigenvalue weighted by Crippen LogP contribution is -2.04. The average Bonchev–Trinajstić information content (AvgIpc) is 3.13. The van der Waals surface area contributed by atoms with Crippen LogP contribution in [-0.4, -0.2) is 28.3 Å². The van der Waals surface area contributed by atoms with Crippen LogP contribution in [0.4, 0.5) is 5.69 Å². The molecule has 0 aliphatic heterocycles. The number of aromatic nitrogens is 3. The van der Waals surface area contributed by atoms with E-state index in [1.807, 2.05) is 24.3 Å². The quantitative estimate of drug-likeness (QED) is 0.635. The predicted molar refractivity (Wildman–Crippen MR) is 75.6 cm³/mol. The van der Waals surface area contributed by atoms with Crippen molar-refractivity contribution < 1.29 is 9.53 Å². The summed E-state index contributed by atoms with van der Waals surface area (Å²) in [5.41, 5.74) is 3.28. The zero-order chi connectivity index (χ0) is 13.9. The molecule has 0 aliphatic rings. The number of hydrogen-bond acceptors (Lipinski definition) is 4. The van der Waals surface area contributed by atoms with Crippen molar-refractivity contribution in [3.05, 3.63) is 47.9 Å². The minimum absolute atomic E-state index is 0.369. The lowest BCUT2D eigenvalue weighted by Gasteiger charge is -2.06. The van der Waals surface area contributed by atoms with E-state index in [0.717, 1.165) is 22.3 Å². The zero-order valence-electron chi connectivity index (χ0n) is 10.9. The van der Waals surface area contributed by atoms with Crippen molar-refractivity contribution >= 4 is 22.6 Å². The molecule has 6 nitrogen and oxygen atoms in total. The van der Waals surface area contributed by atoms with Crippen LogP contribution in [0.1, 0.15) is 16.2 Å². The van der Waals surface area contributed by atoms with E-state index < -0.39 is 0 Å². The maximum atomic E-state index is 11.4. The molecule has 20 heavy (non-hydrogen) atoms. The van der Waals surface area contributed by atoms with E-state index in [9.17, 15) is 4.79 Å². The Labute approximate surface area is 115 Å². The Hall–Kier alpha value is -2.76. The minimum Gasteiger partial charge on any atom is -0.464 e. The Morgan fingerprint density at radius 3 is 3.10 bits per heavy atom. The number of fused-ring (bicyclic) bond motifs is 1. The number of rotatable bonds is 4. The van der Waals surface area contributed by atoms with Gasteiger partial charge in [0.1, 0.15) is 5.69 Å². The second kappa shape index (κ2) is 5.08. The lowest BCUT2D eigenvalue weighted by atomic mass is 10.2. The van der Waals surface area contributed by atoms with Crippen LogP contribution in [0.2, 0.25) is 0 Å². The van der Waals surface area contributed by atoms with Crippen LogP contribution in [0.25, 0.3) is 10.9 Å². The molecule has 0 spiro atoms. The number of para-hydroxylation sites is 1. The van der Waals surface area contributed by atoms with E-state index in [1.54, 1.807) is 12.3 Å². The predicted octanol–water partition coefficient (Wildman–Crippen LogP) is 2.29. The monoisotopic (exact) mass is 270 g/mol. The highest BCUT2D eigenvalue weighted by Crippen LogP contribution is 2.20. The normalized spacial score (nSPS) is 10.7. The van der Waals surface area contributed by atoms with Crippen molar-refractivity contribution in [1.82, 2.24) is 15.2 Å². The second-order valence-electron chi connectivity index (χ2n) is 4.38. The largest absolute Gasteiger partial charge is 0.464 e. The number of esters is 1. The van der Waals surface area contributed by atoms with Crippen molar-refractivity contribution in [2.45, 2.75) is 6.54 Å².